The van der Waals surface area contributed by atoms with E-state index in [0.717, 1.165) is 13.0 Å². The topological polar surface area (TPSA) is 74.9 Å². The van der Waals surface area contributed by atoms with Crippen molar-refractivity contribution >= 4 is 22.3 Å². The molecule has 0 spiro atoms. The summed E-state index contributed by atoms with van der Waals surface area (Å²) in [5, 5.41) is 11.2. The second-order valence-corrected chi connectivity index (χ2v) is 6.69. The van der Waals surface area contributed by atoms with Crippen LogP contribution in [0.2, 0.25) is 0 Å². The van der Waals surface area contributed by atoms with Crippen LogP contribution in [0.1, 0.15) is 25.5 Å². The number of hydrogen-bond donors (Lipinski definition) is 1. The van der Waals surface area contributed by atoms with Gasteiger partial charge in [-0.1, -0.05) is 0 Å². The summed E-state index contributed by atoms with van der Waals surface area (Å²) >= 11 is 1.42. The molecule has 2 aromatic heterocycles. The van der Waals surface area contributed by atoms with Gasteiger partial charge in [0, 0.05) is 30.7 Å². The van der Waals surface area contributed by atoms with Crippen LogP contribution in [-0.2, 0) is 11.3 Å². The Balaban J connectivity index is 1.81. The van der Waals surface area contributed by atoms with Crippen LogP contribution in [0.5, 0.6) is 0 Å². The van der Waals surface area contributed by atoms with Crippen molar-refractivity contribution in [3.8, 4) is 0 Å². The van der Waals surface area contributed by atoms with Gasteiger partial charge in [-0.3, -0.25) is 18.9 Å². The average Bonchev–Trinajstić information content (AvgIpc) is 2.87. The van der Waals surface area contributed by atoms with Gasteiger partial charge in [-0.25, -0.2) is 4.98 Å². The molecule has 3 heterocycles. The minimum Gasteiger partial charge on any atom is -0.481 e. The van der Waals surface area contributed by atoms with Crippen molar-refractivity contribution in [3.63, 3.8) is 0 Å². The zero-order chi connectivity index (χ0) is 15.0. The molecule has 1 saturated heterocycles. The number of carbonyl (C=O) groups is 1. The Kier molecular flexibility index (Phi) is 3.54. The highest BCUT2D eigenvalue weighted by Gasteiger charge is 2.37. The number of rotatable bonds is 3. The number of thiazole rings is 1. The van der Waals surface area contributed by atoms with E-state index in [1.165, 1.54) is 21.8 Å². The lowest BCUT2D eigenvalue weighted by atomic mass is 9.82. The number of piperidine rings is 1. The lowest BCUT2D eigenvalue weighted by Gasteiger charge is -2.37. The van der Waals surface area contributed by atoms with Crippen LogP contribution in [-0.4, -0.2) is 38.4 Å². The van der Waals surface area contributed by atoms with E-state index in [1.54, 1.807) is 13.1 Å². The van der Waals surface area contributed by atoms with Gasteiger partial charge >= 0.3 is 5.97 Å². The first-order chi connectivity index (χ1) is 9.98. The molecule has 0 aliphatic carbocycles. The second kappa shape index (κ2) is 5.23. The van der Waals surface area contributed by atoms with Crippen LogP contribution in [0.25, 0.3) is 4.96 Å². The molecule has 1 aliphatic heterocycles. The van der Waals surface area contributed by atoms with Gasteiger partial charge in [0.1, 0.15) is 0 Å². The first-order valence-electron chi connectivity index (χ1n) is 6.89. The van der Waals surface area contributed by atoms with Crippen LogP contribution in [0, 0.1) is 5.41 Å². The van der Waals surface area contributed by atoms with Gasteiger partial charge in [0.05, 0.1) is 11.1 Å². The Labute approximate surface area is 125 Å². The molecule has 2 aromatic rings. The van der Waals surface area contributed by atoms with E-state index in [0.29, 0.717) is 30.2 Å². The fourth-order valence-corrected chi connectivity index (χ4v) is 3.59. The first kappa shape index (κ1) is 14.2. The van der Waals surface area contributed by atoms with Gasteiger partial charge < -0.3 is 5.11 Å². The molecule has 112 valence electrons. The average molecular weight is 307 g/mol. The van der Waals surface area contributed by atoms with E-state index in [-0.39, 0.29) is 5.56 Å². The van der Waals surface area contributed by atoms with Crippen molar-refractivity contribution in [2.24, 2.45) is 5.41 Å². The third-order valence-corrected chi connectivity index (χ3v) is 4.79. The molecule has 21 heavy (non-hydrogen) atoms. The number of aliphatic carboxylic acids is 1. The highest BCUT2D eigenvalue weighted by atomic mass is 32.1. The van der Waals surface area contributed by atoms with Crippen LogP contribution < -0.4 is 5.56 Å². The van der Waals surface area contributed by atoms with E-state index < -0.39 is 11.4 Å². The van der Waals surface area contributed by atoms with Crippen molar-refractivity contribution in [2.75, 3.05) is 13.1 Å². The minimum absolute atomic E-state index is 0.0887. The van der Waals surface area contributed by atoms with Crippen LogP contribution in [0.3, 0.4) is 0 Å². The minimum atomic E-state index is -0.756. The monoisotopic (exact) mass is 307 g/mol. The number of likely N-dealkylation sites (tertiary alicyclic amines) is 1. The first-order valence-corrected chi connectivity index (χ1v) is 7.77. The number of hydrogen-bond acceptors (Lipinski definition) is 5. The van der Waals surface area contributed by atoms with Crippen LogP contribution >= 0.6 is 11.3 Å². The van der Waals surface area contributed by atoms with Crippen molar-refractivity contribution in [2.45, 2.75) is 26.3 Å². The van der Waals surface area contributed by atoms with Gasteiger partial charge in [0.15, 0.2) is 4.96 Å². The molecule has 1 unspecified atom stereocenters. The number of aromatic nitrogens is 2. The van der Waals surface area contributed by atoms with Gasteiger partial charge in [-0.2, -0.15) is 0 Å². The fraction of sp³-hybridized carbons (Fsp3) is 0.500. The lowest BCUT2D eigenvalue weighted by molar-refractivity contribution is -0.151. The van der Waals surface area contributed by atoms with Crippen molar-refractivity contribution < 1.29 is 9.90 Å². The number of nitrogens with zero attached hydrogens (tertiary/aromatic N) is 3. The maximum absolute atomic E-state index is 12.0. The SMILES string of the molecule is CC1(C(=O)O)CCCN(Cc2cc(=O)n3ccsc3n2)C1. The van der Waals surface area contributed by atoms with Crippen LogP contribution in [0.15, 0.2) is 22.4 Å². The number of fused-ring (bicyclic) bond motifs is 1. The zero-order valence-electron chi connectivity index (χ0n) is 11.8. The summed E-state index contributed by atoms with van der Waals surface area (Å²) in [6.07, 6.45) is 3.25. The molecule has 0 amide bonds. The maximum atomic E-state index is 12.0. The summed E-state index contributed by atoms with van der Waals surface area (Å²) in [6, 6.07) is 1.53. The highest BCUT2D eigenvalue weighted by Crippen LogP contribution is 2.30. The fourth-order valence-electron chi connectivity index (χ4n) is 2.85. The van der Waals surface area contributed by atoms with E-state index in [9.17, 15) is 14.7 Å². The largest absolute Gasteiger partial charge is 0.481 e. The highest BCUT2D eigenvalue weighted by molar-refractivity contribution is 7.15. The molecule has 1 aliphatic rings. The molecule has 0 aromatic carbocycles. The van der Waals surface area contributed by atoms with E-state index in [1.807, 2.05) is 5.38 Å². The Morgan fingerprint density at radius 3 is 3.14 bits per heavy atom. The summed E-state index contributed by atoms with van der Waals surface area (Å²) in [6.45, 7) is 3.64. The Hall–Kier alpha value is -1.73. The molecule has 0 saturated carbocycles. The van der Waals surface area contributed by atoms with Crippen molar-refractivity contribution in [1.82, 2.24) is 14.3 Å². The zero-order valence-corrected chi connectivity index (χ0v) is 12.6. The van der Waals surface area contributed by atoms with Crippen molar-refractivity contribution in [1.29, 1.82) is 0 Å². The second-order valence-electron chi connectivity index (χ2n) is 5.82. The third kappa shape index (κ3) is 2.71. The molecular weight excluding hydrogens is 290 g/mol. The van der Waals surface area contributed by atoms with Gasteiger partial charge in [0.25, 0.3) is 5.56 Å². The number of carboxylic acids is 1. The maximum Gasteiger partial charge on any atom is 0.310 e. The molecule has 0 radical (unpaired) electrons. The van der Waals surface area contributed by atoms with E-state index in [4.69, 9.17) is 0 Å². The van der Waals surface area contributed by atoms with Crippen LogP contribution in [0.4, 0.5) is 0 Å². The lowest BCUT2D eigenvalue weighted by Crippen LogP contribution is -2.45. The molecule has 3 rings (SSSR count). The molecule has 6 nitrogen and oxygen atoms in total. The predicted molar refractivity (Wildman–Crippen MR) is 79.6 cm³/mol. The smallest absolute Gasteiger partial charge is 0.310 e. The summed E-state index contributed by atoms with van der Waals surface area (Å²) < 4.78 is 1.52. The van der Waals surface area contributed by atoms with Gasteiger partial charge in [-0.15, -0.1) is 11.3 Å². The van der Waals surface area contributed by atoms with E-state index >= 15 is 0 Å². The predicted octanol–water partition coefficient (Wildman–Crippen LogP) is 1.44. The molecular formula is C14H17N3O3S. The molecule has 1 fully saturated rings. The summed E-state index contributed by atoms with van der Waals surface area (Å²) in [5.74, 6) is -0.756. The summed E-state index contributed by atoms with van der Waals surface area (Å²) in [7, 11) is 0. The standard InChI is InChI=1S/C14H17N3O3S/c1-14(12(19)20)3-2-4-16(9-14)8-10-7-11(18)17-5-6-21-13(17)15-10/h5-7H,2-4,8-9H2,1H3,(H,19,20). The normalized spacial score (nSPS) is 23.5. The molecule has 7 heteroatoms. The molecule has 0 bridgehead atoms. The Bertz CT molecular complexity index is 738. The Morgan fingerprint density at radius 1 is 1.57 bits per heavy atom. The summed E-state index contributed by atoms with van der Waals surface area (Å²) in [5.41, 5.74) is -0.0910. The number of carboxylic acid groups (broad SMARTS) is 1. The van der Waals surface area contributed by atoms with Gasteiger partial charge in [0.2, 0.25) is 0 Å². The third-order valence-electron chi connectivity index (χ3n) is 4.03. The molecule has 1 atom stereocenters. The van der Waals surface area contributed by atoms with Gasteiger partial charge in [-0.05, 0) is 26.3 Å². The van der Waals surface area contributed by atoms with E-state index in [2.05, 4.69) is 9.88 Å². The molecule has 1 N–H and O–H groups in total. The Morgan fingerprint density at radius 2 is 2.38 bits per heavy atom. The summed E-state index contributed by atoms with van der Waals surface area (Å²) in [4.78, 5) is 30.6. The van der Waals surface area contributed by atoms with Crippen molar-refractivity contribution in [3.05, 3.63) is 33.7 Å². The quantitative estimate of drug-likeness (QED) is 0.929.